The molecule has 2 N–H and O–H groups in total. The molecule has 0 saturated heterocycles. The highest BCUT2D eigenvalue weighted by molar-refractivity contribution is 7.09. The maximum Gasteiger partial charge on any atom is 0.129 e. The second-order valence-electron chi connectivity index (χ2n) is 5.20. The predicted molar refractivity (Wildman–Crippen MR) is 88.7 cm³/mol. The number of H-pyrrole nitrogens is 1. The highest BCUT2D eigenvalue weighted by Gasteiger charge is 2.12. The number of hydrogen-bond donors (Lipinski definition) is 2. The van der Waals surface area contributed by atoms with Crippen molar-refractivity contribution in [1.29, 1.82) is 0 Å². The number of rotatable bonds is 7. The number of hydrogen-bond acceptors (Lipinski definition) is 3. The lowest BCUT2D eigenvalue weighted by molar-refractivity contribution is 0.182. The van der Waals surface area contributed by atoms with Gasteiger partial charge in [0.15, 0.2) is 0 Å². The van der Waals surface area contributed by atoms with E-state index in [0.29, 0.717) is 5.56 Å². The Morgan fingerprint density at radius 2 is 2.23 bits per heavy atom. The van der Waals surface area contributed by atoms with Crippen molar-refractivity contribution in [3.8, 4) is 0 Å². The average molecular weight is 318 g/mol. The van der Waals surface area contributed by atoms with Gasteiger partial charge in [0, 0.05) is 41.2 Å². The summed E-state index contributed by atoms with van der Waals surface area (Å²) in [6.07, 6.45) is 2.82. The Morgan fingerprint density at radius 3 is 3.00 bits per heavy atom. The molecule has 0 aliphatic carbocycles. The van der Waals surface area contributed by atoms with E-state index in [4.69, 9.17) is 4.74 Å². The lowest BCUT2D eigenvalue weighted by Crippen LogP contribution is -2.15. The molecule has 116 valence electrons. The van der Waals surface area contributed by atoms with Gasteiger partial charge in [-0.1, -0.05) is 6.07 Å². The first-order valence-corrected chi connectivity index (χ1v) is 8.17. The van der Waals surface area contributed by atoms with E-state index in [1.54, 1.807) is 24.5 Å². The first kappa shape index (κ1) is 15.2. The molecule has 0 saturated carbocycles. The molecule has 2 heterocycles. The molecule has 3 aromatic rings. The Balaban J connectivity index is 1.71. The molecule has 0 fully saturated rings. The Kier molecular flexibility index (Phi) is 4.87. The van der Waals surface area contributed by atoms with Crippen molar-refractivity contribution in [1.82, 2.24) is 10.3 Å². The van der Waals surface area contributed by atoms with Crippen LogP contribution in [0.1, 0.15) is 16.0 Å². The molecule has 0 amide bonds. The van der Waals surface area contributed by atoms with Gasteiger partial charge in [0.2, 0.25) is 0 Å². The number of nitrogens with one attached hydrogen (secondary N) is 2. The van der Waals surface area contributed by atoms with Gasteiger partial charge in [-0.3, -0.25) is 0 Å². The zero-order valence-electron chi connectivity index (χ0n) is 12.5. The van der Waals surface area contributed by atoms with E-state index in [0.717, 1.165) is 36.0 Å². The maximum absolute atomic E-state index is 14.0. The molecule has 0 radical (unpaired) electrons. The third-order valence-electron chi connectivity index (χ3n) is 3.72. The van der Waals surface area contributed by atoms with Gasteiger partial charge < -0.3 is 15.0 Å². The molecule has 3 nitrogen and oxygen atoms in total. The summed E-state index contributed by atoms with van der Waals surface area (Å²) >= 11 is 1.75. The van der Waals surface area contributed by atoms with Crippen molar-refractivity contribution in [3.05, 3.63) is 57.7 Å². The predicted octanol–water partition coefficient (Wildman–Crippen LogP) is 3.85. The van der Waals surface area contributed by atoms with Gasteiger partial charge in [-0.2, -0.15) is 0 Å². The zero-order chi connectivity index (χ0) is 15.4. The van der Waals surface area contributed by atoms with Crippen LogP contribution in [0.25, 0.3) is 10.9 Å². The number of aromatic nitrogens is 1. The van der Waals surface area contributed by atoms with Gasteiger partial charge in [-0.05, 0) is 42.1 Å². The minimum Gasteiger partial charge on any atom is -0.380 e. The van der Waals surface area contributed by atoms with Gasteiger partial charge in [0.25, 0.3) is 0 Å². The summed E-state index contributed by atoms with van der Waals surface area (Å²) in [6.45, 7) is 2.02. The molecule has 0 spiro atoms. The van der Waals surface area contributed by atoms with Crippen LogP contribution in [0.15, 0.2) is 35.8 Å². The van der Waals surface area contributed by atoms with Gasteiger partial charge in [-0.25, -0.2) is 4.39 Å². The molecule has 0 bridgehead atoms. The molecule has 0 aliphatic rings. The number of halogens is 1. The van der Waals surface area contributed by atoms with E-state index in [-0.39, 0.29) is 12.4 Å². The first-order valence-electron chi connectivity index (χ1n) is 7.29. The number of benzene rings is 1. The zero-order valence-corrected chi connectivity index (χ0v) is 13.3. The van der Waals surface area contributed by atoms with Crippen LogP contribution in [0.2, 0.25) is 0 Å². The molecule has 1 aromatic carbocycles. The topological polar surface area (TPSA) is 37.0 Å². The van der Waals surface area contributed by atoms with E-state index in [1.165, 1.54) is 10.9 Å². The maximum atomic E-state index is 14.0. The number of ether oxygens (including phenoxy) is 1. The van der Waals surface area contributed by atoms with Gasteiger partial charge in [0.05, 0.1) is 6.61 Å². The fourth-order valence-electron chi connectivity index (χ4n) is 2.68. The van der Waals surface area contributed by atoms with Crippen LogP contribution >= 0.6 is 11.3 Å². The summed E-state index contributed by atoms with van der Waals surface area (Å²) in [5, 5.41) is 6.47. The standard InChI is InChI=1S/C17H19FN2OS/c1-21-11-14-15(18)4-5-16-17(14)12(9-20-16)6-7-19-10-13-3-2-8-22-13/h2-5,8-9,19-20H,6-7,10-11H2,1H3. The van der Waals surface area contributed by atoms with E-state index in [2.05, 4.69) is 27.8 Å². The number of methoxy groups -OCH3 is 1. The Hall–Kier alpha value is -1.69. The number of aromatic amines is 1. The molecule has 5 heteroatoms. The molecular formula is C17H19FN2OS. The Labute approximate surface area is 133 Å². The minimum atomic E-state index is -0.207. The van der Waals surface area contributed by atoms with Crippen molar-refractivity contribution in [2.75, 3.05) is 13.7 Å². The van der Waals surface area contributed by atoms with Crippen LogP contribution < -0.4 is 5.32 Å². The summed E-state index contributed by atoms with van der Waals surface area (Å²) in [5.41, 5.74) is 2.72. The lowest BCUT2D eigenvalue weighted by atomic mass is 10.0. The van der Waals surface area contributed by atoms with Crippen molar-refractivity contribution in [3.63, 3.8) is 0 Å². The van der Waals surface area contributed by atoms with E-state index in [1.807, 2.05) is 6.20 Å². The lowest BCUT2D eigenvalue weighted by Gasteiger charge is -2.07. The largest absolute Gasteiger partial charge is 0.380 e. The Bertz CT molecular complexity index is 737. The quantitative estimate of drug-likeness (QED) is 0.649. The third-order valence-corrected chi connectivity index (χ3v) is 4.59. The van der Waals surface area contributed by atoms with Crippen LogP contribution in [0, 0.1) is 5.82 Å². The molecule has 22 heavy (non-hydrogen) atoms. The number of fused-ring (bicyclic) bond motifs is 1. The minimum absolute atomic E-state index is 0.207. The monoisotopic (exact) mass is 318 g/mol. The van der Waals surface area contributed by atoms with Crippen molar-refractivity contribution >= 4 is 22.2 Å². The highest BCUT2D eigenvalue weighted by atomic mass is 32.1. The second-order valence-corrected chi connectivity index (χ2v) is 6.23. The summed E-state index contributed by atoms with van der Waals surface area (Å²) in [4.78, 5) is 4.54. The molecule has 2 aromatic heterocycles. The number of thiophene rings is 1. The smallest absolute Gasteiger partial charge is 0.129 e. The summed E-state index contributed by atoms with van der Waals surface area (Å²) in [7, 11) is 1.59. The van der Waals surface area contributed by atoms with Crippen LogP contribution in [0.5, 0.6) is 0 Å². The SMILES string of the molecule is COCc1c(F)ccc2[nH]cc(CCNCc3cccs3)c12. The van der Waals surface area contributed by atoms with Gasteiger partial charge in [-0.15, -0.1) is 11.3 Å². The normalized spacial score (nSPS) is 11.4. The van der Waals surface area contributed by atoms with E-state index >= 15 is 0 Å². The first-order chi connectivity index (χ1) is 10.8. The second kappa shape index (κ2) is 7.05. The van der Waals surface area contributed by atoms with Crippen molar-refractivity contribution in [2.45, 2.75) is 19.6 Å². The van der Waals surface area contributed by atoms with Crippen LogP contribution in [-0.4, -0.2) is 18.6 Å². The van der Waals surface area contributed by atoms with Crippen LogP contribution in [0.3, 0.4) is 0 Å². The molecule has 0 aliphatic heterocycles. The van der Waals surface area contributed by atoms with Crippen molar-refractivity contribution < 1.29 is 9.13 Å². The fraction of sp³-hybridized carbons (Fsp3) is 0.294. The Morgan fingerprint density at radius 1 is 1.32 bits per heavy atom. The van der Waals surface area contributed by atoms with Crippen LogP contribution in [0.4, 0.5) is 4.39 Å². The molecule has 0 unspecified atom stereocenters. The van der Waals surface area contributed by atoms with E-state index < -0.39 is 0 Å². The third kappa shape index (κ3) is 3.21. The molecular weight excluding hydrogens is 299 g/mol. The average Bonchev–Trinajstić information content (AvgIpc) is 3.16. The fourth-order valence-corrected chi connectivity index (χ4v) is 3.35. The van der Waals surface area contributed by atoms with E-state index in [9.17, 15) is 4.39 Å². The summed E-state index contributed by atoms with van der Waals surface area (Å²) in [5.74, 6) is -0.207. The molecule has 0 atom stereocenters. The summed E-state index contributed by atoms with van der Waals surface area (Å²) < 4.78 is 19.2. The van der Waals surface area contributed by atoms with Gasteiger partial charge in [0.1, 0.15) is 5.82 Å². The molecule has 3 rings (SSSR count). The highest BCUT2D eigenvalue weighted by Crippen LogP contribution is 2.26. The van der Waals surface area contributed by atoms with Crippen molar-refractivity contribution in [2.24, 2.45) is 0 Å². The van der Waals surface area contributed by atoms with Crippen LogP contribution in [-0.2, 0) is 24.3 Å². The summed E-state index contributed by atoms with van der Waals surface area (Å²) in [6, 6.07) is 7.45. The van der Waals surface area contributed by atoms with Gasteiger partial charge >= 0.3 is 0 Å².